The van der Waals surface area contributed by atoms with Crippen molar-refractivity contribution < 1.29 is 32.9 Å². The SMILES string of the molecule is CCCCCCCC/C=C\CCCCCC(=O)NC(COP(=O)(O)OCC[N+](C)(C)C)C(O)CCCCCCCCCCCCCCCC. The van der Waals surface area contributed by atoms with Crippen LogP contribution in [0.15, 0.2) is 12.2 Å². The molecule has 9 heteroatoms. The molecule has 0 rings (SSSR count). The first kappa shape index (κ1) is 48.2. The van der Waals surface area contributed by atoms with Crippen LogP contribution in [0.25, 0.3) is 0 Å². The van der Waals surface area contributed by atoms with Crippen molar-refractivity contribution in [1.29, 1.82) is 0 Å². The first-order chi connectivity index (χ1) is 23.5. The molecule has 0 heterocycles. The molecule has 0 aliphatic rings. The van der Waals surface area contributed by atoms with Crippen LogP contribution in [0.3, 0.4) is 0 Å². The third kappa shape index (κ3) is 35.4. The predicted octanol–water partition coefficient (Wildman–Crippen LogP) is 10.8. The number of phosphoric ester groups is 1. The highest BCUT2D eigenvalue weighted by Crippen LogP contribution is 2.43. The lowest BCUT2D eigenvalue weighted by molar-refractivity contribution is -0.870. The molecule has 49 heavy (non-hydrogen) atoms. The van der Waals surface area contributed by atoms with Gasteiger partial charge in [-0.1, -0.05) is 154 Å². The number of phosphoric acid groups is 1. The number of quaternary nitrogens is 1. The Morgan fingerprint density at radius 3 is 1.57 bits per heavy atom. The lowest BCUT2D eigenvalue weighted by atomic mass is 10.0. The zero-order chi connectivity index (χ0) is 36.5. The Morgan fingerprint density at radius 1 is 0.673 bits per heavy atom. The van der Waals surface area contributed by atoms with E-state index in [0.29, 0.717) is 23.9 Å². The van der Waals surface area contributed by atoms with Gasteiger partial charge < -0.3 is 19.8 Å². The molecule has 3 unspecified atom stereocenters. The smallest absolute Gasteiger partial charge is 0.391 e. The Kier molecular flexibility index (Phi) is 32.6. The summed E-state index contributed by atoms with van der Waals surface area (Å²) in [5.41, 5.74) is 0. The summed E-state index contributed by atoms with van der Waals surface area (Å²) in [5.74, 6) is -0.161. The zero-order valence-corrected chi connectivity index (χ0v) is 33.8. The molecule has 1 amide bonds. The predicted molar refractivity (Wildman–Crippen MR) is 208 cm³/mol. The molecule has 0 bridgehead atoms. The summed E-state index contributed by atoms with van der Waals surface area (Å²) in [7, 11) is 1.61. The van der Waals surface area contributed by atoms with Gasteiger partial charge in [-0.2, -0.15) is 0 Å². The van der Waals surface area contributed by atoms with Crippen LogP contribution in [0.2, 0.25) is 0 Å². The van der Waals surface area contributed by atoms with E-state index in [0.717, 1.165) is 51.4 Å². The molecular weight excluding hydrogens is 635 g/mol. The van der Waals surface area contributed by atoms with E-state index in [9.17, 15) is 19.4 Å². The van der Waals surface area contributed by atoms with Gasteiger partial charge in [0, 0.05) is 6.42 Å². The number of carbonyl (C=O) groups excluding carboxylic acids is 1. The second kappa shape index (κ2) is 33.1. The van der Waals surface area contributed by atoms with Crippen LogP contribution in [0.4, 0.5) is 0 Å². The number of unbranched alkanes of at least 4 members (excludes halogenated alkanes) is 22. The Balaban J connectivity index is 4.45. The van der Waals surface area contributed by atoms with Crippen molar-refractivity contribution in [2.75, 3.05) is 40.9 Å². The van der Waals surface area contributed by atoms with Gasteiger partial charge in [0.2, 0.25) is 5.91 Å². The molecular formula is C40H82N2O6P+. The lowest BCUT2D eigenvalue weighted by Crippen LogP contribution is -2.46. The average Bonchev–Trinajstić information content (AvgIpc) is 3.04. The van der Waals surface area contributed by atoms with E-state index in [1.807, 2.05) is 21.1 Å². The molecule has 0 aliphatic heterocycles. The third-order valence-electron chi connectivity index (χ3n) is 9.26. The Hall–Kier alpha value is -0.760. The summed E-state index contributed by atoms with van der Waals surface area (Å²) >= 11 is 0. The standard InChI is InChI=1S/C40H81N2O6P/c1-6-8-10-12-14-16-18-20-22-23-25-27-29-31-33-39(43)38(37-48-49(45,46)47-36-35-42(3,4)5)41-40(44)34-32-30-28-26-24-21-19-17-15-13-11-9-7-2/h21,24,38-39,43H,6-20,22-23,25-37H2,1-5H3,(H-,41,44,45,46)/p+1/b24-21-. The molecule has 8 nitrogen and oxygen atoms in total. The highest BCUT2D eigenvalue weighted by Gasteiger charge is 2.28. The number of hydrogen-bond donors (Lipinski definition) is 3. The van der Waals surface area contributed by atoms with Crippen molar-refractivity contribution in [2.45, 2.75) is 199 Å². The van der Waals surface area contributed by atoms with E-state index in [4.69, 9.17) is 9.05 Å². The summed E-state index contributed by atoms with van der Waals surface area (Å²) in [5, 5.41) is 13.9. The monoisotopic (exact) mass is 718 g/mol. The lowest BCUT2D eigenvalue weighted by Gasteiger charge is -2.26. The van der Waals surface area contributed by atoms with Gasteiger partial charge in [-0.25, -0.2) is 4.57 Å². The van der Waals surface area contributed by atoms with Crippen LogP contribution in [-0.4, -0.2) is 73.4 Å². The summed E-state index contributed by atoms with van der Waals surface area (Å²) in [6.45, 7) is 4.86. The maximum absolute atomic E-state index is 12.8. The second-order valence-corrected chi connectivity index (χ2v) is 16.8. The van der Waals surface area contributed by atoms with Crippen LogP contribution in [0, 0.1) is 0 Å². The van der Waals surface area contributed by atoms with Gasteiger partial charge in [0.15, 0.2) is 0 Å². The van der Waals surface area contributed by atoms with E-state index in [1.54, 1.807) is 0 Å². The van der Waals surface area contributed by atoms with E-state index in [-0.39, 0.29) is 19.1 Å². The van der Waals surface area contributed by atoms with Crippen molar-refractivity contribution in [3.05, 3.63) is 12.2 Å². The normalized spacial score (nSPS) is 14.7. The van der Waals surface area contributed by atoms with Gasteiger partial charge in [0.1, 0.15) is 13.2 Å². The number of carbonyl (C=O) groups is 1. The molecule has 0 saturated heterocycles. The number of hydrogen-bond acceptors (Lipinski definition) is 5. The first-order valence-electron chi connectivity index (χ1n) is 20.6. The average molecular weight is 718 g/mol. The van der Waals surface area contributed by atoms with Crippen molar-refractivity contribution in [2.24, 2.45) is 0 Å². The number of amides is 1. The Bertz CT molecular complexity index is 819. The second-order valence-electron chi connectivity index (χ2n) is 15.4. The van der Waals surface area contributed by atoms with Crippen molar-refractivity contribution in [3.8, 4) is 0 Å². The maximum Gasteiger partial charge on any atom is 0.472 e. The van der Waals surface area contributed by atoms with Crippen LogP contribution in [-0.2, 0) is 18.4 Å². The highest BCUT2D eigenvalue weighted by molar-refractivity contribution is 7.47. The minimum absolute atomic E-state index is 0.0736. The molecule has 0 aliphatic carbocycles. The van der Waals surface area contributed by atoms with Gasteiger partial charge in [-0.3, -0.25) is 13.8 Å². The number of aliphatic hydroxyl groups excluding tert-OH is 1. The summed E-state index contributed by atoms with van der Waals surface area (Å²) in [6.07, 6.45) is 35.1. The summed E-state index contributed by atoms with van der Waals surface area (Å²) in [4.78, 5) is 23.0. The molecule has 0 radical (unpaired) electrons. The quantitative estimate of drug-likeness (QED) is 0.0256. The number of allylic oxidation sites excluding steroid dienone is 2. The van der Waals surface area contributed by atoms with E-state index in [1.165, 1.54) is 109 Å². The molecule has 3 atom stereocenters. The Morgan fingerprint density at radius 2 is 1.10 bits per heavy atom. The van der Waals surface area contributed by atoms with Crippen molar-refractivity contribution in [3.63, 3.8) is 0 Å². The fourth-order valence-electron chi connectivity index (χ4n) is 5.92. The first-order valence-corrected chi connectivity index (χ1v) is 22.0. The number of aliphatic hydroxyl groups is 1. The molecule has 3 N–H and O–H groups in total. The topological polar surface area (TPSA) is 105 Å². The molecule has 0 aromatic carbocycles. The minimum Gasteiger partial charge on any atom is -0.391 e. The number of nitrogens with zero attached hydrogens (tertiary/aromatic N) is 1. The molecule has 0 aromatic rings. The minimum atomic E-state index is -4.31. The van der Waals surface area contributed by atoms with Gasteiger partial charge >= 0.3 is 7.82 Å². The van der Waals surface area contributed by atoms with Crippen LogP contribution in [0.1, 0.15) is 187 Å². The van der Waals surface area contributed by atoms with E-state index >= 15 is 0 Å². The van der Waals surface area contributed by atoms with Crippen LogP contribution < -0.4 is 5.32 Å². The number of nitrogens with one attached hydrogen (secondary N) is 1. The highest BCUT2D eigenvalue weighted by atomic mass is 31.2. The molecule has 292 valence electrons. The fourth-order valence-corrected chi connectivity index (χ4v) is 6.66. The summed E-state index contributed by atoms with van der Waals surface area (Å²) < 4.78 is 23.5. The molecule has 0 spiro atoms. The number of likely N-dealkylation sites (N-methyl/N-ethyl adjacent to an activating group) is 1. The molecule has 0 saturated carbocycles. The zero-order valence-electron chi connectivity index (χ0n) is 32.9. The van der Waals surface area contributed by atoms with Crippen LogP contribution in [0.5, 0.6) is 0 Å². The van der Waals surface area contributed by atoms with Gasteiger partial charge in [-0.15, -0.1) is 0 Å². The van der Waals surface area contributed by atoms with Crippen molar-refractivity contribution in [1.82, 2.24) is 5.32 Å². The van der Waals surface area contributed by atoms with Gasteiger partial charge in [0.25, 0.3) is 0 Å². The van der Waals surface area contributed by atoms with Gasteiger partial charge in [-0.05, 0) is 38.5 Å². The van der Waals surface area contributed by atoms with E-state index in [2.05, 4.69) is 31.3 Å². The van der Waals surface area contributed by atoms with Crippen molar-refractivity contribution >= 4 is 13.7 Å². The maximum atomic E-state index is 12.8. The molecule has 0 fully saturated rings. The van der Waals surface area contributed by atoms with Crippen LogP contribution >= 0.6 is 7.82 Å². The number of rotatable bonds is 37. The fraction of sp³-hybridized carbons (Fsp3) is 0.925. The summed E-state index contributed by atoms with van der Waals surface area (Å²) in [6, 6.07) is -0.762. The van der Waals surface area contributed by atoms with E-state index < -0.39 is 20.0 Å². The largest absolute Gasteiger partial charge is 0.472 e. The Labute approximate surface area is 303 Å². The molecule has 0 aromatic heterocycles. The third-order valence-corrected chi connectivity index (χ3v) is 10.2. The van der Waals surface area contributed by atoms with Gasteiger partial charge in [0.05, 0.1) is 39.9 Å².